The lowest BCUT2D eigenvalue weighted by Gasteiger charge is -2.47. The van der Waals surface area contributed by atoms with Gasteiger partial charge in [0, 0.05) is 224 Å². The molecule has 0 saturated carbocycles. The van der Waals surface area contributed by atoms with E-state index in [1.54, 1.807) is 0 Å². The van der Waals surface area contributed by atoms with E-state index < -0.39 is 395 Å². The summed E-state index contributed by atoms with van der Waals surface area (Å²) >= 11 is 0. The number of fused-ring (bicyclic) bond motifs is 12. The number of esters is 4. The quantitative estimate of drug-likeness (QED) is 0.0303. The van der Waals surface area contributed by atoms with Crippen molar-refractivity contribution in [2.75, 3.05) is 109 Å². The van der Waals surface area contributed by atoms with Crippen LogP contribution in [0, 0.1) is 70.7 Å². The smallest absolute Gasteiger partial charge is 0.323 e. The largest absolute Gasteiger partial charge is 0.493 e. The number of rotatable bonds is 28. The van der Waals surface area contributed by atoms with Gasteiger partial charge >= 0.3 is 23.9 Å². The first-order valence-corrected chi connectivity index (χ1v) is 35.5. The van der Waals surface area contributed by atoms with E-state index in [4.69, 9.17) is 165 Å². The summed E-state index contributed by atoms with van der Waals surface area (Å²) in [5.41, 5.74) is 21.2. The molecule has 672 valence electrons. The second-order valence-corrected chi connectivity index (χ2v) is 26.2. The predicted molar refractivity (Wildman–Crippen MR) is 471 cm³/mol. The molecule has 120 heavy (non-hydrogen) atoms. The minimum atomic E-state index is -4.67. The molecule has 4 aromatic carbocycles. The van der Waals surface area contributed by atoms with Crippen molar-refractivity contribution in [2.45, 2.75) is 259 Å². The molecule has 4 aromatic rings. The Morgan fingerprint density at radius 2 is 0.642 bits per heavy atom. The number of nitrogens with two attached hydrogens (primary N) is 4. The SMILES string of the molecule is [2H]C([2H])([2H])C([2H])(C)C([2H])([2H])C1([2H])C(OC(=O)[C@@]([2H])(N)C([2H])(C([2H])([2H])[2H])C([2H])([2H])[2H])C([2H])([2H])C2([2H])c3cc(OC)c(OC)cc3CCN2C1([2H])[2H].[2H]C([2H])([2H])C([2H])(C)C([2H])([2H])C1([2H])C([2H])([2H])N2CCc3cc(OC)c(OC)cc3C2([2H])C([2H])([2H])C1([2H])OC(=O)[C@@]([2H])(N)C([2H])(C([2H])([2H])[2H])C([2H])([2H])[2H].[2H]C([2H])([2H])Oc1cc2c(cc1OC)C1N(CC2)C([2H])([2H])C([2H])(C([2H])([2H])C([2H])(C)C([2H])([2H])[2H])C([2H])(OC(=O)[C@@]([2H])(N)C([2H])(C([2H])([2H])[2H])C([2H])([2H])[2H])C1([2H])[2H].[2H]C([2H])([2H])Oc1cc2c(cc1OC)C1N(CC2)C([2H])([2H])C([2H])(C([2H])([2H])C([2H])(C)C([2H])([2H])[2H])C([2H])(OC(=O)[C@@]([2H])(N)C([2H])(C([2H])([2H])[2H])C([2H])([2H])[2H])C1([2H])[2H]. The van der Waals surface area contributed by atoms with Crippen LogP contribution >= 0.6 is 0 Å². The van der Waals surface area contributed by atoms with E-state index in [0.717, 1.165) is 57.7 Å². The number of hydrogen-bond acceptors (Lipinski definition) is 24. The third-order valence-corrected chi connectivity index (χ3v) is 18.0. The fourth-order valence-electron chi connectivity index (χ4n) is 12.5. The minimum absolute atomic E-state index is 0.0107. The van der Waals surface area contributed by atoms with Crippen molar-refractivity contribution in [1.29, 1.82) is 0 Å². The summed E-state index contributed by atoms with van der Waals surface area (Å²) in [7, 11) is 0.877. The van der Waals surface area contributed by atoms with Gasteiger partial charge in [0.15, 0.2) is 46.0 Å². The number of piperidine rings is 4. The van der Waals surface area contributed by atoms with E-state index in [0.29, 0.717) is 42.4 Å². The van der Waals surface area contributed by atoms with E-state index in [-0.39, 0.29) is 92.5 Å². The molecular formula is C96H152N8O16. The van der Waals surface area contributed by atoms with Crippen LogP contribution in [0.25, 0.3) is 0 Å². The zero-order valence-electron chi connectivity index (χ0n) is 153. The molecule has 4 saturated heterocycles. The summed E-state index contributed by atoms with van der Waals surface area (Å²) in [5.74, 6) is -61.8. The first-order valence-electron chi connectivity index (χ1n) is 79.0. The maximum atomic E-state index is 13.9. The molecule has 8 aliphatic heterocycles. The molecule has 0 aromatic heterocycles. The topological polar surface area (TPSA) is 296 Å². The third-order valence-electron chi connectivity index (χ3n) is 18.0. The van der Waals surface area contributed by atoms with Gasteiger partial charge in [-0.25, -0.2) is 0 Å². The zero-order chi connectivity index (χ0) is 164. The molecule has 24 nitrogen and oxygen atoms in total. The van der Waals surface area contributed by atoms with E-state index in [1.165, 1.54) is 33.5 Å². The number of ether oxygens (including phenoxy) is 12. The number of carbonyl (C=O) groups excluding carboxylic acids is 4. The normalized spacial score (nSPS) is 49.8. The van der Waals surface area contributed by atoms with Crippen LogP contribution in [0.5, 0.6) is 46.0 Å². The van der Waals surface area contributed by atoms with Crippen molar-refractivity contribution in [2.24, 2.45) is 93.7 Å². The number of hydrogen-bond donors (Lipinski definition) is 4. The fraction of sp³-hybridized carbons (Fsp3) is 0.708. The predicted octanol–water partition coefficient (Wildman–Crippen LogP) is 14.3. The molecule has 24 heteroatoms. The zero-order valence-corrected chi connectivity index (χ0v) is 66.1. The first-order chi connectivity index (χ1) is 90.5. The summed E-state index contributed by atoms with van der Waals surface area (Å²) < 4.78 is 791. The van der Waals surface area contributed by atoms with Gasteiger partial charge in [0.05, 0.1) is 77.3 Å². The van der Waals surface area contributed by atoms with Crippen LogP contribution in [0.3, 0.4) is 0 Å². The molecule has 0 radical (unpaired) electrons. The Bertz CT molecular complexity index is 7800. The second-order valence-electron chi connectivity index (χ2n) is 26.2. The molecule has 8 aliphatic rings. The van der Waals surface area contributed by atoms with Crippen molar-refractivity contribution in [3.8, 4) is 46.0 Å². The Labute approximate surface area is 840 Å². The van der Waals surface area contributed by atoms with Gasteiger partial charge in [0.2, 0.25) is 0 Å². The molecule has 0 bridgehead atoms. The molecule has 8 heterocycles. The molecule has 16 unspecified atom stereocenters. The summed E-state index contributed by atoms with van der Waals surface area (Å²) in [6, 6.07) is -19.6. The average molecular weight is 1760 g/mol. The van der Waals surface area contributed by atoms with Crippen LogP contribution in [0.4, 0.5) is 0 Å². The van der Waals surface area contributed by atoms with Gasteiger partial charge in [-0.3, -0.25) is 38.8 Å². The Hall–Kier alpha value is -7.16. The highest BCUT2D eigenvalue weighted by Crippen LogP contribution is 2.50. The Morgan fingerprint density at radius 1 is 0.375 bits per heavy atom. The van der Waals surface area contributed by atoms with Crippen LogP contribution in [-0.2, 0) is 63.8 Å². The molecule has 12 rings (SSSR count). The maximum absolute atomic E-state index is 13.9. The van der Waals surface area contributed by atoms with E-state index in [2.05, 4.69) is 0 Å². The molecule has 4 fully saturated rings. The van der Waals surface area contributed by atoms with Crippen molar-refractivity contribution in [3.05, 3.63) is 93.0 Å². The Morgan fingerprint density at radius 3 is 0.967 bits per heavy atom. The number of nitrogens with zero attached hydrogens (tertiary/aromatic N) is 4. The van der Waals surface area contributed by atoms with Crippen LogP contribution in [-0.4, -0.2) is 201 Å². The fourth-order valence-corrected chi connectivity index (χ4v) is 12.5. The van der Waals surface area contributed by atoms with E-state index in [9.17, 15) is 53.4 Å². The molecule has 0 aliphatic carbocycles. The van der Waals surface area contributed by atoms with Crippen molar-refractivity contribution in [1.82, 2.24) is 19.6 Å². The van der Waals surface area contributed by atoms with Crippen molar-refractivity contribution >= 4 is 23.9 Å². The van der Waals surface area contributed by atoms with Gasteiger partial charge in [-0.05, 0) is 191 Å². The van der Waals surface area contributed by atoms with Gasteiger partial charge in [0.1, 0.15) is 48.4 Å². The van der Waals surface area contributed by atoms with Crippen molar-refractivity contribution in [3.63, 3.8) is 0 Å². The molecule has 0 amide bonds. The third kappa shape index (κ3) is 23.8. The number of benzene rings is 4. The van der Waals surface area contributed by atoms with Gasteiger partial charge in [-0.15, -0.1) is 0 Å². The summed E-state index contributed by atoms with van der Waals surface area (Å²) in [6.45, 7) is -64.6. The average Bonchev–Trinajstić information content (AvgIpc) is 0.632. The summed E-state index contributed by atoms with van der Waals surface area (Å²) in [6.07, 6.45) is -51.1. The molecular weight excluding hydrogens is 1520 g/mol. The minimum Gasteiger partial charge on any atom is -0.493 e. The number of carbonyl (C=O) groups is 4. The summed E-state index contributed by atoms with van der Waals surface area (Å²) in [4.78, 5) is 57.2. The summed E-state index contributed by atoms with van der Waals surface area (Å²) in [5, 5.41) is 0. The van der Waals surface area contributed by atoms with Gasteiger partial charge in [-0.2, -0.15) is 0 Å². The highest BCUT2D eigenvalue weighted by Gasteiger charge is 2.47. The molecule has 0 spiro atoms. The highest BCUT2D eigenvalue weighted by molar-refractivity contribution is 5.77. The van der Waals surface area contributed by atoms with Crippen LogP contribution in [0.1, 0.15) is 349 Å². The van der Waals surface area contributed by atoms with Gasteiger partial charge in [0.25, 0.3) is 0 Å². The monoisotopic (exact) mass is 1760 g/mol. The maximum Gasteiger partial charge on any atom is 0.323 e. The highest BCUT2D eigenvalue weighted by atomic mass is 16.6. The second kappa shape index (κ2) is 43.9. The lowest BCUT2D eigenvalue weighted by Crippen LogP contribution is -2.51. The first kappa shape index (κ1) is 32.7. The van der Waals surface area contributed by atoms with Gasteiger partial charge < -0.3 is 79.8 Å². The van der Waals surface area contributed by atoms with Crippen LogP contribution in [0.15, 0.2) is 48.5 Å². The van der Waals surface area contributed by atoms with Crippen LogP contribution in [0.2, 0.25) is 0 Å². The van der Waals surface area contributed by atoms with Crippen LogP contribution < -0.4 is 60.8 Å². The lowest BCUT2D eigenvalue weighted by atomic mass is 9.79. The lowest BCUT2D eigenvalue weighted by molar-refractivity contribution is -0.161. The van der Waals surface area contributed by atoms with Crippen molar-refractivity contribution < 1.29 is 195 Å². The standard InChI is InChI=1S/4C24H38N2O4/c4*1-14(2)9-17-13-26-8-7-16-10-21(28-5)22(29-6)11-18(16)19(26)12-20(17)30-24(27)23(25)15(3)4/h4*10-11,14-15,17,19-20,23H,7-9,12-13,25H2,1-6H3/t4*17?,19?,20?,23-/m0000/s1/i1D3,3D3,4D3,9D2,12D2,13D2,14D,15D,17D,19D,20D,23D;2*1D3,3D3,4D3,5D3,9D2,12D2,13D2,14D,15D,17D,20D,23D;1D3,3D3,4D3,9D2,12D2,13D2,14D,15D,17D,19D,23D/t4*14?,17?,19?,20?,23-. The van der Waals surface area contributed by atoms with E-state index >= 15 is 0 Å². The molecule has 8 N–H and O–H groups in total. The Balaban J connectivity index is 0.000000298. The van der Waals surface area contributed by atoms with Gasteiger partial charge in [-0.1, -0.05) is 110 Å². The Kier molecular flexibility index (Phi) is 12.0. The van der Waals surface area contributed by atoms with E-state index in [1.807, 2.05) is 0 Å². The molecule has 20 atom stereocenters. The number of methoxy groups -OCH3 is 8.